The predicted molar refractivity (Wildman–Crippen MR) is 45.0 cm³/mol. The molecule has 0 aliphatic rings. The smallest absolute Gasteiger partial charge is 0.240 e. The minimum Gasteiger partial charge on any atom is -0.368 e. The van der Waals surface area contributed by atoms with Crippen LogP contribution in [0.5, 0.6) is 0 Å². The van der Waals surface area contributed by atoms with Gasteiger partial charge in [0, 0.05) is 0 Å². The lowest BCUT2D eigenvalue weighted by atomic mass is 10.0. The first-order valence-corrected chi connectivity index (χ1v) is 3.77. The topological polar surface area (TPSA) is 98.2 Å². The average Bonchev–Trinajstić information content (AvgIpc) is 1.98. The van der Waals surface area contributed by atoms with Crippen LogP contribution in [0, 0.1) is 5.92 Å². The van der Waals surface area contributed by atoms with E-state index in [9.17, 15) is 9.59 Å². The number of hydrogen-bond acceptors (Lipinski definition) is 3. The molecule has 5 N–H and O–H groups in total. The van der Waals surface area contributed by atoms with Crippen molar-refractivity contribution in [2.24, 2.45) is 17.4 Å². The molecule has 70 valence electrons. The molecule has 0 bridgehead atoms. The summed E-state index contributed by atoms with van der Waals surface area (Å²) in [4.78, 5) is 21.5. The Bertz CT molecular complexity index is 179. The summed E-state index contributed by atoms with van der Waals surface area (Å²) in [6.45, 7) is 3.47. The number of carbonyl (C=O) groups is 2. The number of nitrogens with one attached hydrogen (secondary N) is 1. The first-order valence-electron chi connectivity index (χ1n) is 3.77. The van der Waals surface area contributed by atoms with Gasteiger partial charge in [-0.15, -0.1) is 0 Å². The summed E-state index contributed by atoms with van der Waals surface area (Å²) in [5.74, 6) is -0.919. The summed E-state index contributed by atoms with van der Waals surface area (Å²) in [5, 5.41) is 2.43. The van der Waals surface area contributed by atoms with Gasteiger partial charge in [-0.25, -0.2) is 0 Å². The molecule has 2 amide bonds. The number of nitrogens with two attached hydrogens (primary N) is 2. The molecule has 5 nitrogen and oxygen atoms in total. The summed E-state index contributed by atoms with van der Waals surface area (Å²) >= 11 is 0. The lowest BCUT2D eigenvalue weighted by Gasteiger charge is -2.18. The lowest BCUT2D eigenvalue weighted by Crippen LogP contribution is -2.49. The highest BCUT2D eigenvalue weighted by Crippen LogP contribution is 1.99. The summed E-state index contributed by atoms with van der Waals surface area (Å²) in [6, 6.07) is -0.624. The quantitative estimate of drug-likeness (QED) is 0.486. The summed E-state index contributed by atoms with van der Waals surface area (Å²) < 4.78 is 0. The average molecular weight is 173 g/mol. The third-order valence-corrected chi connectivity index (χ3v) is 1.48. The second-order valence-corrected chi connectivity index (χ2v) is 2.90. The van der Waals surface area contributed by atoms with Crippen LogP contribution in [-0.2, 0) is 9.59 Å². The molecule has 0 fully saturated rings. The number of primary amides is 1. The Kier molecular flexibility index (Phi) is 4.28. The summed E-state index contributed by atoms with van der Waals surface area (Å²) in [5.41, 5.74) is 10.1. The maximum Gasteiger partial charge on any atom is 0.240 e. The SMILES string of the molecule is CC(C)[C@H](NC(=O)CN)C(N)=O. The van der Waals surface area contributed by atoms with Crippen LogP contribution in [0.2, 0.25) is 0 Å². The van der Waals surface area contributed by atoms with Crippen molar-refractivity contribution < 1.29 is 9.59 Å². The molecule has 0 aliphatic heterocycles. The second kappa shape index (κ2) is 4.71. The van der Waals surface area contributed by atoms with Gasteiger partial charge in [-0.3, -0.25) is 9.59 Å². The van der Waals surface area contributed by atoms with Crippen LogP contribution in [0.4, 0.5) is 0 Å². The summed E-state index contributed by atoms with van der Waals surface area (Å²) in [7, 11) is 0. The number of amides is 2. The zero-order valence-electron chi connectivity index (χ0n) is 7.33. The van der Waals surface area contributed by atoms with Gasteiger partial charge in [0.25, 0.3) is 0 Å². The van der Waals surface area contributed by atoms with Crippen LogP contribution >= 0.6 is 0 Å². The fraction of sp³-hybridized carbons (Fsp3) is 0.714. The van der Waals surface area contributed by atoms with Crippen LogP contribution in [0.25, 0.3) is 0 Å². The molecule has 0 unspecified atom stereocenters. The Morgan fingerprint density at radius 1 is 1.42 bits per heavy atom. The van der Waals surface area contributed by atoms with E-state index >= 15 is 0 Å². The number of carbonyl (C=O) groups excluding carboxylic acids is 2. The van der Waals surface area contributed by atoms with Crippen LogP contribution in [0.3, 0.4) is 0 Å². The molecule has 0 heterocycles. The van der Waals surface area contributed by atoms with E-state index in [4.69, 9.17) is 11.5 Å². The van der Waals surface area contributed by atoms with Crippen molar-refractivity contribution >= 4 is 11.8 Å². The fourth-order valence-electron chi connectivity index (χ4n) is 0.799. The van der Waals surface area contributed by atoms with Gasteiger partial charge in [-0.2, -0.15) is 0 Å². The van der Waals surface area contributed by atoms with Crippen molar-refractivity contribution in [2.45, 2.75) is 19.9 Å². The molecule has 0 saturated carbocycles. The minimum atomic E-state index is -0.624. The van der Waals surface area contributed by atoms with E-state index in [0.29, 0.717) is 0 Å². The van der Waals surface area contributed by atoms with Crippen molar-refractivity contribution in [1.29, 1.82) is 0 Å². The number of rotatable bonds is 4. The van der Waals surface area contributed by atoms with Crippen LogP contribution < -0.4 is 16.8 Å². The standard InChI is InChI=1S/C7H15N3O2/c1-4(2)6(7(9)12)10-5(11)3-8/h4,6H,3,8H2,1-2H3,(H2,9,12)(H,10,11)/t6-/m0/s1. The van der Waals surface area contributed by atoms with Crippen LogP contribution in [0.15, 0.2) is 0 Å². The van der Waals surface area contributed by atoms with Crippen molar-refractivity contribution in [3.63, 3.8) is 0 Å². The van der Waals surface area contributed by atoms with Gasteiger partial charge in [0.15, 0.2) is 0 Å². The third-order valence-electron chi connectivity index (χ3n) is 1.48. The normalized spacial score (nSPS) is 12.7. The van der Waals surface area contributed by atoms with Crippen molar-refractivity contribution in [3.8, 4) is 0 Å². The Hall–Kier alpha value is -1.10. The van der Waals surface area contributed by atoms with Crippen LogP contribution in [-0.4, -0.2) is 24.4 Å². The van der Waals surface area contributed by atoms with Gasteiger partial charge in [-0.1, -0.05) is 13.8 Å². The molecule has 0 spiro atoms. The molecular weight excluding hydrogens is 158 g/mol. The maximum absolute atomic E-state index is 10.8. The van der Waals surface area contributed by atoms with Crippen LogP contribution in [0.1, 0.15) is 13.8 Å². The van der Waals surface area contributed by atoms with E-state index in [1.165, 1.54) is 0 Å². The molecule has 0 saturated heterocycles. The van der Waals surface area contributed by atoms with Gasteiger partial charge < -0.3 is 16.8 Å². The van der Waals surface area contributed by atoms with Gasteiger partial charge in [0.1, 0.15) is 6.04 Å². The molecule has 0 aromatic carbocycles. The van der Waals surface area contributed by atoms with Crippen molar-refractivity contribution in [1.82, 2.24) is 5.32 Å². The summed E-state index contributed by atoms with van der Waals surface area (Å²) in [6.07, 6.45) is 0. The van der Waals surface area contributed by atoms with E-state index in [1.54, 1.807) is 13.8 Å². The molecule has 0 rings (SSSR count). The van der Waals surface area contributed by atoms with E-state index in [-0.39, 0.29) is 18.4 Å². The monoisotopic (exact) mass is 173 g/mol. The van der Waals surface area contributed by atoms with Gasteiger partial charge >= 0.3 is 0 Å². The Morgan fingerprint density at radius 3 is 2.17 bits per heavy atom. The second-order valence-electron chi connectivity index (χ2n) is 2.90. The first kappa shape index (κ1) is 10.9. The molecule has 0 radical (unpaired) electrons. The van der Waals surface area contributed by atoms with E-state index in [2.05, 4.69) is 5.32 Å². The highest BCUT2D eigenvalue weighted by molar-refractivity contribution is 5.87. The zero-order chi connectivity index (χ0) is 9.72. The van der Waals surface area contributed by atoms with Crippen molar-refractivity contribution in [2.75, 3.05) is 6.54 Å². The van der Waals surface area contributed by atoms with Gasteiger partial charge in [-0.05, 0) is 5.92 Å². The molecule has 0 aliphatic carbocycles. The highest BCUT2D eigenvalue weighted by atomic mass is 16.2. The fourth-order valence-corrected chi connectivity index (χ4v) is 0.799. The van der Waals surface area contributed by atoms with Gasteiger partial charge in [0.2, 0.25) is 11.8 Å². The molecule has 1 atom stereocenters. The molecule has 5 heteroatoms. The molecular formula is C7H15N3O2. The lowest BCUT2D eigenvalue weighted by molar-refractivity contribution is -0.127. The van der Waals surface area contributed by atoms with E-state index < -0.39 is 11.9 Å². The minimum absolute atomic E-state index is 0.0157. The van der Waals surface area contributed by atoms with Gasteiger partial charge in [0.05, 0.1) is 6.54 Å². The maximum atomic E-state index is 10.8. The number of hydrogen-bond donors (Lipinski definition) is 3. The Balaban J connectivity index is 4.14. The van der Waals surface area contributed by atoms with E-state index in [0.717, 1.165) is 0 Å². The Morgan fingerprint density at radius 2 is 1.92 bits per heavy atom. The molecule has 0 aromatic rings. The molecule has 0 aromatic heterocycles. The third kappa shape index (κ3) is 3.34. The predicted octanol–water partition coefficient (Wildman–Crippen LogP) is -1.43. The highest BCUT2D eigenvalue weighted by Gasteiger charge is 2.20. The zero-order valence-corrected chi connectivity index (χ0v) is 7.33. The first-order chi connectivity index (χ1) is 5.49. The van der Waals surface area contributed by atoms with Crippen molar-refractivity contribution in [3.05, 3.63) is 0 Å². The molecule has 12 heavy (non-hydrogen) atoms. The Labute approximate surface area is 71.5 Å². The van der Waals surface area contributed by atoms with E-state index in [1.807, 2.05) is 0 Å². The largest absolute Gasteiger partial charge is 0.368 e.